The van der Waals surface area contributed by atoms with E-state index in [4.69, 9.17) is 15.2 Å². The van der Waals surface area contributed by atoms with Crippen LogP contribution in [-0.4, -0.2) is 61.1 Å². The second kappa shape index (κ2) is 7.95. The van der Waals surface area contributed by atoms with Crippen molar-refractivity contribution < 1.29 is 23.9 Å². The summed E-state index contributed by atoms with van der Waals surface area (Å²) in [5.74, 6) is -1.45. The van der Waals surface area contributed by atoms with E-state index in [1.165, 1.54) is 0 Å². The van der Waals surface area contributed by atoms with Gasteiger partial charge in [-0.2, -0.15) is 0 Å². The minimum Gasteiger partial charge on any atom is -0.462 e. The number of nitrogens with two attached hydrogens (primary N) is 1. The molecule has 1 aliphatic heterocycles. The van der Waals surface area contributed by atoms with Crippen LogP contribution < -0.4 is 11.1 Å². The fourth-order valence-corrected chi connectivity index (χ4v) is 4.65. The monoisotopic (exact) mass is 395 g/mol. The molecule has 2 heterocycles. The lowest BCUT2D eigenvalue weighted by Crippen LogP contribution is -2.56. The van der Waals surface area contributed by atoms with Crippen molar-refractivity contribution in [1.29, 1.82) is 0 Å². The lowest BCUT2D eigenvalue weighted by atomic mass is 9.79. The van der Waals surface area contributed by atoms with Crippen LogP contribution in [0.15, 0.2) is 0 Å². The number of morpholine rings is 1. The van der Waals surface area contributed by atoms with Gasteiger partial charge in [0.15, 0.2) is 0 Å². The van der Waals surface area contributed by atoms with Gasteiger partial charge in [-0.3, -0.25) is 14.5 Å². The Morgan fingerprint density at radius 3 is 2.70 bits per heavy atom. The zero-order valence-corrected chi connectivity index (χ0v) is 16.4. The summed E-state index contributed by atoms with van der Waals surface area (Å²) in [5.41, 5.74) is 5.92. The number of carbonyl (C=O) groups excluding carboxylic acids is 3. The van der Waals surface area contributed by atoms with E-state index < -0.39 is 11.9 Å². The molecule has 1 saturated heterocycles. The number of nitrogens with zero attached hydrogens (tertiary/aromatic N) is 1. The number of anilines is 1. The molecule has 2 fully saturated rings. The van der Waals surface area contributed by atoms with Crippen molar-refractivity contribution in [2.75, 3.05) is 38.2 Å². The highest BCUT2D eigenvalue weighted by atomic mass is 32.1. The second-order valence-electron chi connectivity index (χ2n) is 6.99. The first-order valence-corrected chi connectivity index (χ1v) is 9.93. The molecule has 8 nitrogen and oxygen atoms in total. The fourth-order valence-electron chi connectivity index (χ4n) is 3.59. The molecule has 148 valence electrons. The zero-order chi connectivity index (χ0) is 19.6. The summed E-state index contributed by atoms with van der Waals surface area (Å²) in [6.07, 6.45) is 3.22. The molecular weight excluding hydrogens is 370 g/mol. The standard InChI is InChI=1S/C18H25N3O5S/c1-3-25-17(24)13-11(2)14(15(19)23)27-16(13)20-12(22)9-21-7-8-26-18(10-21)5-4-6-18/h3-10H2,1-2H3,(H2,19,23)(H,20,22). The van der Waals surface area contributed by atoms with Crippen molar-refractivity contribution in [1.82, 2.24) is 4.90 Å². The number of ether oxygens (including phenoxy) is 2. The van der Waals surface area contributed by atoms with Crippen LogP contribution in [0.5, 0.6) is 0 Å². The molecule has 2 amide bonds. The Morgan fingerprint density at radius 2 is 2.11 bits per heavy atom. The van der Waals surface area contributed by atoms with E-state index >= 15 is 0 Å². The van der Waals surface area contributed by atoms with Crippen LogP contribution in [0.3, 0.4) is 0 Å². The van der Waals surface area contributed by atoms with Crippen LogP contribution in [0.25, 0.3) is 0 Å². The molecule has 27 heavy (non-hydrogen) atoms. The third kappa shape index (κ3) is 4.15. The summed E-state index contributed by atoms with van der Waals surface area (Å²) >= 11 is 1.00. The normalized spacial score (nSPS) is 18.7. The zero-order valence-electron chi connectivity index (χ0n) is 15.6. The highest BCUT2D eigenvalue weighted by Gasteiger charge is 2.42. The average molecular weight is 395 g/mol. The number of nitrogens with one attached hydrogen (secondary N) is 1. The molecule has 0 unspecified atom stereocenters. The van der Waals surface area contributed by atoms with Crippen LogP contribution in [0.2, 0.25) is 0 Å². The summed E-state index contributed by atoms with van der Waals surface area (Å²) < 4.78 is 10.9. The van der Waals surface area contributed by atoms with E-state index in [1.807, 2.05) is 0 Å². The highest BCUT2D eigenvalue weighted by molar-refractivity contribution is 7.18. The summed E-state index contributed by atoms with van der Waals surface area (Å²) in [6.45, 7) is 5.77. The summed E-state index contributed by atoms with van der Waals surface area (Å²) in [5, 5.41) is 3.07. The number of primary amides is 1. The smallest absolute Gasteiger partial charge is 0.341 e. The molecule has 0 aromatic carbocycles. The Kier molecular flexibility index (Phi) is 5.83. The minimum absolute atomic E-state index is 0.0900. The number of hydrogen-bond acceptors (Lipinski definition) is 7. The van der Waals surface area contributed by atoms with Gasteiger partial charge in [-0.1, -0.05) is 0 Å². The van der Waals surface area contributed by atoms with Crippen LogP contribution in [-0.2, 0) is 14.3 Å². The van der Waals surface area contributed by atoms with Crippen molar-refractivity contribution in [3.05, 3.63) is 16.0 Å². The molecule has 1 spiro atoms. The molecule has 0 atom stereocenters. The molecule has 3 N–H and O–H groups in total. The van der Waals surface area contributed by atoms with Gasteiger partial charge in [-0.05, 0) is 38.7 Å². The first-order valence-electron chi connectivity index (χ1n) is 9.11. The van der Waals surface area contributed by atoms with E-state index in [2.05, 4.69) is 10.2 Å². The lowest BCUT2D eigenvalue weighted by Gasteiger charge is -2.48. The van der Waals surface area contributed by atoms with Gasteiger partial charge < -0.3 is 20.5 Å². The van der Waals surface area contributed by atoms with Gasteiger partial charge in [0, 0.05) is 13.1 Å². The van der Waals surface area contributed by atoms with Gasteiger partial charge in [0.1, 0.15) is 5.00 Å². The van der Waals surface area contributed by atoms with Gasteiger partial charge in [0.2, 0.25) is 5.91 Å². The van der Waals surface area contributed by atoms with E-state index in [9.17, 15) is 14.4 Å². The molecule has 1 aliphatic carbocycles. The molecule has 0 bridgehead atoms. The summed E-state index contributed by atoms with van der Waals surface area (Å²) in [7, 11) is 0. The number of hydrogen-bond donors (Lipinski definition) is 2. The topological polar surface area (TPSA) is 111 Å². The van der Waals surface area contributed by atoms with Gasteiger partial charge in [0.05, 0.1) is 35.8 Å². The maximum absolute atomic E-state index is 12.6. The van der Waals surface area contributed by atoms with Crippen molar-refractivity contribution in [2.45, 2.75) is 38.7 Å². The van der Waals surface area contributed by atoms with E-state index in [0.717, 1.165) is 37.1 Å². The Morgan fingerprint density at radius 1 is 1.37 bits per heavy atom. The van der Waals surface area contributed by atoms with Gasteiger partial charge in [0.25, 0.3) is 5.91 Å². The van der Waals surface area contributed by atoms with Crippen LogP contribution in [0.1, 0.15) is 51.8 Å². The number of carbonyl (C=O) groups is 3. The Labute approximate surface area is 162 Å². The van der Waals surface area contributed by atoms with Crippen molar-refractivity contribution in [2.24, 2.45) is 5.73 Å². The molecule has 3 rings (SSSR count). The quantitative estimate of drug-likeness (QED) is 0.707. The molecular formula is C18H25N3O5S. The van der Waals surface area contributed by atoms with E-state index in [0.29, 0.717) is 23.7 Å². The predicted octanol–water partition coefficient (Wildman–Crippen LogP) is 1.53. The lowest BCUT2D eigenvalue weighted by molar-refractivity contribution is -0.153. The van der Waals surface area contributed by atoms with Crippen molar-refractivity contribution in [3.63, 3.8) is 0 Å². The molecule has 2 aliphatic rings. The first kappa shape index (κ1) is 19.8. The van der Waals surface area contributed by atoms with E-state index in [1.54, 1.807) is 13.8 Å². The number of rotatable bonds is 6. The molecule has 9 heteroatoms. The molecule has 1 aromatic heterocycles. The Bertz CT molecular complexity index is 756. The van der Waals surface area contributed by atoms with E-state index in [-0.39, 0.29) is 35.1 Å². The Balaban J connectivity index is 1.72. The SMILES string of the molecule is CCOC(=O)c1c(NC(=O)CN2CCOC3(CCC3)C2)sc(C(N)=O)c1C. The molecule has 1 aromatic rings. The van der Waals surface area contributed by atoms with Gasteiger partial charge in [-0.15, -0.1) is 11.3 Å². The maximum atomic E-state index is 12.6. The van der Waals surface area contributed by atoms with Crippen LogP contribution in [0, 0.1) is 6.92 Å². The third-order valence-corrected chi connectivity index (χ3v) is 6.28. The highest BCUT2D eigenvalue weighted by Crippen LogP contribution is 2.38. The largest absolute Gasteiger partial charge is 0.462 e. The van der Waals surface area contributed by atoms with Crippen molar-refractivity contribution >= 4 is 34.1 Å². The van der Waals surface area contributed by atoms with Crippen molar-refractivity contribution in [3.8, 4) is 0 Å². The minimum atomic E-state index is -0.636. The maximum Gasteiger partial charge on any atom is 0.341 e. The number of thiophene rings is 1. The summed E-state index contributed by atoms with van der Waals surface area (Å²) in [6, 6.07) is 0. The second-order valence-corrected chi connectivity index (χ2v) is 8.01. The number of amides is 2. The first-order chi connectivity index (χ1) is 12.8. The third-order valence-electron chi connectivity index (χ3n) is 5.06. The molecule has 0 radical (unpaired) electrons. The Hall–Kier alpha value is -1.97. The predicted molar refractivity (Wildman–Crippen MR) is 101 cm³/mol. The molecule has 1 saturated carbocycles. The van der Waals surface area contributed by atoms with Crippen LogP contribution >= 0.6 is 11.3 Å². The summed E-state index contributed by atoms with van der Waals surface area (Å²) in [4.78, 5) is 38.8. The van der Waals surface area contributed by atoms with Crippen LogP contribution in [0.4, 0.5) is 5.00 Å². The average Bonchev–Trinajstić information content (AvgIpc) is 2.90. The van der Waals surface area contributed by atoms with Gasteiger partial charge in [-0.25, -0.2) is 4.79 Å². The number of esters is 1. The fraction of sp³-hybridized carbons (Fsp3) is 0.611. The van der Waals surface area contributed by atoms with Gasteiger partial charge >= 0.3 is 5.97 Å².